The second-order valence-electron chi connectivity index (χ2n) is 8.99. The highest BCUT2D eigenvalue weighted by atomic mass is 16.5. The van der Waals surface area contributed by atoms with Gasteiger partial charge in [0, 0.05) is 12.0 Å². The van der Waals surface area contributed by atoms with Gasteiger partial charge in [-0.15, -0.1) is 5.73 Å². The maximum Gasteiger partial charge on any atom is 0.203 e. The first-order valence-electron chi connectivity index (χ1n) is 12.6. The number of benzene rings is 2. The Hall–Kier alpha value is -3.48. The van der Waals surface area contributed by atoms with Crippen LogP contribution in [0.5, 0.6) is 34.5 Å². The van der Waals surface area contributed by atoms with E-state index < -0.39 is 37.1 Å². The molecule has 41 heavy (non-hydrogen) atoms. The summed E-state index contributed by atoms with van der Waals surface area (Å²) in [6, 6.07) is 6.81. The van der Waals surface area contributed by atoms with Crippen LogP contribution in [0.15, 0.2) is 41.6 Å². The molecule has 0 radical (unpaired) electrons. The fourth-order valence-corrected chi connectivity index (χ4v) is 4.18. The summed E-state index contributed by atoms with van der Waals surface area (Å²) < 4.78 is 32.3. The summed E-state index contributed by atoms with van der Waals surface area (Å²) in [7, 11) is 8.87. The van der Waals surface area contributed by atoms with Gasteiger partial charge in [0.05, 0.1) is 49.3 Å². The summed E-state index contributed by atoms with van der Waals surface area (Å²) in [5, 5.41) is 61.1. The van der Waals surface area contributed by atoms with Gasteiger partial charge in [0.1, 0.15) is 30.5 Å². The zero-order valence-electron chi connectivity index (χ0n) is 24.0. The fraction of sp³-hybridized carbons (Fsp3) is 0.483. The topological polar surface area (TPSA) is 177 Å². The predicted octanol–water partition coefficient (Wildman–Crippen LogP) is 0.402. The van der Waals surface area contributed by atoms with Crippen LogP contribution >= 0.6 is 0 Å². The van der Waals surface area contributed by atoms with Gasteiger partial charge in [-0.3, -0.25) is 0 Å². The standard InChI is InChI=1S/C29H40O12/c1-36-20-11-16(12-21(37-2)28(20)40-5)8-7-9-18(24(32)26(34)27(35)25(33)19(31)15-30)10-17-13-22(38-3)29(41-6)23(14-17)39-4/h7,11-14,19,24-27,30-35H,8,10,15H2,1-6H3/t9?,19-,24?,25+,26+,27-/m0/s1. The van der Waals surface area contributed by atoms with E-state index in [0.29, 0.717) is 46.5 Å². The average Bonchev–Trinajstić information content (AvgIpc) is 3.00. The predicted molar refractivity (Wildman–Crippen MR) is 148 cm³/mol. The Bertz CT molecular complexity index is 1140. The number of aliphatic hydroxyl groups excluding tert-OH is 6. The normalized spacial score (nSPS) is 14.5. The minimum atomic E-state index is -1.99. The molecular formula is C29H40O12. The molecule has 0 saturated heterocycles. The molecule has 0 heterocycles. The van der Waals surface area contributed by atoms with Crippen LogP contribution in [0.1, 0.15) is 11.1 Å². The molecule has 0 aliphatic heterocycles. The van der Waals surface area contributed by atoms with E-state index in [-0.39, 0.29) is 12.0 Å². The molecule has 2 rings (SSSR count). The molecule has 0 spiro atoms. The second-order valence-corrected chi connectivity index (χ2v) is 8.99. The van der Waals surface area contributed by atoms with Crippen LogP contribution in [0.4, 0.5) is 0 Å². The minimum absolute atomic E-state index is 0.00602. The van der Waals surface area contributed by atoms with E-state index in [4.69, 9.17) is 33.5 Å². The smallest absolute Gasteiger partial charge is 0.203 e. The van der Waals surface area contributed by atoms with Crippen molar-refractivity contribution in [3.63, 3.8) is 0 Å². The van der Waals surface area contributed by atoms with E-state index in [1.165, 1.54) is 42.7 Å². The monoisotopic (exact) mass is 580 g/mol. The Kier molecular flexibility index (Phi) is 13.2. The lowest BCUT2D eigenvalue weighted by atomic mass is 9.91. The van der Waals surface area contributed by atoms with E-state index in [2.05, 4.69) is 5.73 Å². The zero-order chi connectivity index (χ0) is 30.7. The van der Waals surface area contributed by atoms with Crippen molar-refractivity contribution >= 4 is 0 Å². The highest BCUT2D eigenvalue weighted by molar-refractivity contribution is 5.55. The lowest BCUT2D eigenvalue weighted by molar-refractivity contribution is -0.134. The minimum Gasteiger partial charge on any atom is -0.493 e. The number of aliphatic hydroxyl groups is 6. The molecule has 0 fully saturated rings. The van der Waals surface area contributed by atoms with Crippen molar-refractivity contribution in [3.05, 3.63) is 52.8 Å². The van der Waals surface area contributed by atoms with E-state index in [1.807, 2.05) is 0 Å². The number of hydrogen-bond donors (Lipinski definition) is 6. The summed E-state index contributed by atoms with van der Waals surface area (Å²) in [6.07, 6.45) is -7.40. The van der Waals surface area contributed by atoms with Crippen molar-refractivity contribution in [2.24, 2.45) is 0 Å². The molecule has 6 N–H and O–H groups in total. The van der Waals surface area contributed by atoms with Crippen LogP contribution < -0.4 is 28.4 Å². The quantitative estimate of drug-likeness (QED) is 0.151. The summed E-state index contributed by atoms with van der Waals surface area (Å²) >= 11 is 0. The van der Waals surface area contributed by atoms with Gasteiger partial charge in [-0.1, -0.05) is 0 Å². The number of hydrogen-bond acceptors (Lipinski definition) is 12. The maximum absolute atomic E-state index is 11.1. The Balaban J connectivity index is 2.55. The van der Waals surface area contributed by atoms with Gasteiger partial charge in [-0.25, -0.2) is 0 Å². The Morgan fingerprint density at radius 3 is 1.49 bits per heavy atom. The highest BCUT2D eigenvalue weighted by Gasteiger charge is 2.35. The van der Waals surface area contributed by atoms with Crippen molar-refractivity contribution in [2.45, 2.75) is 43.4 Å². The highest BCUT2D eigenvalue weighted by Crippen LogP contribution is 2.40. The Labute approximate surface area is 239 Å². The molecule has 2 aromatic carbocycles. The van der Waals surface area contributed by atoms with E-state index in [0.717, 1.165) is 5.56 Å². The van der Waals surface area contributed by atoms with Crippen LogP contribution in [0, 0.1) is 0 Å². The van der Waals surface area contributed by atoms with Gasteiger partial charge in [-0.05, 0) is 47.9 Å². The van der Waals surface area contributed by atoms with E-state index >= 15 is 0 Å². The molecule has 0 bridgehead atoms. The maximum atomic E-state index is 11.1. The van der Waals surface area contributed by atoms with Crippen molar-refractivity contribution in [1.29, 1.82) is 0 Å². The molecule has 0 aliphatic carbocycles. The summed E-state index contributed by atoms with van der Waals surface area (Å²) in [6.45, 7) is -0.857. The number of methoxy groups -OCH3 is 6. The largest absolute Gasteiger partial charge is 0.493 e. The van der Waals surface area contributed by atoms with Crippen molar-refractivity contribution in [3.8, 4) is 34.5 Å². The molecule has 5 atom stereocenters. The Morgan fingerprint density at radius 2 is 1.10 bits per heavy atom. The summed E-state index contributed by atoms with van der Waals surface area (Å²) in [5.41, 5.74) is 4.46. The second kappa shape index (κ2) is 16.1. The third-order valence-corrected chi connectivity index (χ3v) is 6.43. The van der Waals surface area contributed by atoms with Crippen molar-refractivity contribution in [1.82, 2.24) is 0 Å². The average molecular weight is 581 g/mol. The fourth-order valence-electron chi connectivity index (χ4n) is 4.18. The SMILES string of the molecule is COc1cc(CC=C=C(Cc2cc(OC)c(OC)c(OC)c2)C(O)[C@@H](O)[C@@H](O)[C@H](O)[C@@H](O)CO)cc(OC)c1OC. The summed E-state index contributed by atoms with van der Waals surface area (Å²) in [5.74, 6) is 2.41. The van der Waals surface area contributed by atoms with Crippen LogP contribution in [-0.4, -0.2) is 110 Å². The van der Waals surface area contributed by atoms with E-state index in [1.54, 1.807) is 30.3 Å². The summed E-state index contributed by atoms with van der Waals surface area (Å²) in [4.78, 5) is 0. The molecule has 0 aromatic heterocycles. The van der Waals surface area contributed by atoms with Crippen molar-refractivity contribution in [2.75, 3.05) is 49.3 Å². The molecule has 0 aliphatic rings. The van der Waals surface area contributed by atoms with Gasteiger partial charge in [-0.2, -0.15) is 0 Å². The van der Waals surface area contributed by atoms with Crippen LogP contribution in [0.25, 0.3) is 0 Å². The van der Waals surface area contributed by atoms with Gasteiger partial charge in [0.25, 0.3) is 0 Å². The number of ether oxygens (including phenoxy) is 6. The van der Waals surface area contributed by atoms with Crippen LogP contribution in [0.2, 0.25) is 0 Å². The number of rotatable bonds is 16. The van der Waals surface area contributed by atoms with Gasteiger partial charge < -0.3 is 59.1 Å². The van der Waals surface area contributed by atoms with Gasteiger partial charge in [0.2, 0.25) is 11.5 Å². The molecule has 12 heteroatoms. The molecule has 12 nitrogen and oxygen atoms in total. The molecule has 0 saturated carbocycles. The zero-order valence-corrected chi connectivity index (χ0v) is 24.0. The van der Waals surface area contributed by atoms with Crippen LogP contribution in [-0.2, 0) is 12.8 Å². The first-order valence-corrected chi connectivity index (χ1v) is 12.6. The third kappa shape index (κ3) is 8.27. The molecule has 1 unspecified atom stereocenters. The third-order valence-electron chi connectivity index (χ3n) is 6.43. The molecular weight excluding hydrogens is 540 g/mol. The van der Waals surface area contributed by atoms with Gasteiger partial charge >= 0.3 is 0 Å². The molecule has 2 aromatic rings. The van der Waals surface area contributed by atoms with Gasteiger partial charge in [0.15, 0.2) is 23.0 Å². The Morgan fingerprint density at radius 1 is 0.659 bits per heavy atom. The lowest BCUT2D eigenvalue weighted by Crippen LogP contribution is -2.50. The van der Waals surface area contributed by atoms with Crippen molar-refractivity contribution < 1.29 is 59.1 Å². The lowest BCUT2D eigenvalue weighted by Gasteiger charge is -2.29. The first kappa shape index (κ1) is 33.7. The first-order chi connectivity index (χ1) is 19.6. The van der Waals surface area contributed by atoms with Crippen LogP contribution in [0.3, 0.4) is 0 Å². The molecule has 228 valence electrons. The van der Waals surface area contributed by atoms with E-state index in [9.17, 15) is 25.5 Å². The molecule has 0 amide bonds.